The SMILES string of the molecule is CC(C)CCCCc1ccc(Cl)cc1. The van der Waals surface area contributed by atoms with Gasteiger partial charge in [0.25, 0.3) is 0 Å². The van der Waals surface area contributed by atoms with Gasteiger partial charge in [-0.15, -0.1) is 0 Å². The van der Waals surface area contributed by atoms with Crippen LogP contribution in [-0.2, 0) is 6.42 Å². The van der Waals surface area contributed by atoms with Crippen LogP contribution in [0.4, 0.5) is 0 Å². The van der Waals surface area contributed by atoms with E-state index in [0.29, 0.717) is 0 Å². The molecule has 0 spiro atoms. The van der Waals surface area contributed by atoms with Gasteiger partial charge < -0.3 is 0 Å². The van der Waals surface area contributed by atoms with E-state index in [1.807, 2.05) is 12.1 Å². The topological polar surface area (TPSA) is 0 Å². The summed E-state index contributed by atoms with van der Waals surface area (Å²) in [5.41, 5.74) is 1.40. The average molecular weight is 211 g/mol. The van der Waals surface area contributed by atoms with Crippen molar-refractivity contribution in [2.45, 2.75) is 39.5 Å². The van der Waals surface area contributed by atoms with Crippen LogP contribution in [0.15, 0.2) is 24.3 Å². The lowest BCUT2D eigenvalue weighted by atomic mass is 10.0. The molecule has 0 bridgehead atoms. The Balaban J connectivity index is 2.21. The monoisotopic (exact) mass is 210 g/mol. The van der Waals surface area contributed by atoms with Gasteiger partial charge in [0.2, 0.25) is 0 Å². The highest BCUT2D eigenvalue weighted by molar-refractivity contribution is 6.30. The summed E-state index contributed by atoms with van der Waals surface area (Å²) in [7, 11) is 0. The summed E-state index contributed by atoms with van der Waals surface area (Å²) in [4.78, 5) is 0. The van der Waals surface area contributed by atoms with Crippen LogP contribution in [0.3, 0.4) is 0 Å². The molecular weight excluding hydrogens is 192 g/mol. The molecule has 78 valence electrons. The van der Waals surface area contributed by atoms with E-state index in [1.54, 1.807) is 0 Å². The lowest BCUT2D eigenvalue weighted by molar-refractivity contribution is 0.538. The summed E-state index contributed by atoms with van der Waals surface area (Å²) in [6.45, 7) is 4.56. The Kier molecular flexibility index (Phi) is 5.03. The van der Waals surface area contributed by atoms with Crippen molar-refractivity contribution in [1.82, 2.24) is 0 Å². The van der Waals surface area contributed by atoms with Gasteiger partial charge in [0.05, 0.1) is 0 Å². The Morgan fingerprint density at radius 1 is 1.07 bits per heavy atom. The molecule has 1 aromatic rings. The van der Waals surface area contributed by atoms with Gasteiger partial charge in [-0.05, 0) is 36.5 Å². The van der Waals surface area contributed by atoms with Crippen molar-refractivity contribution in [3.05, 3.63) is 34.9 Å². The first kappa shape index (κ1) is 11.6. The summed E-state index contributed by atoms with van der Waals surface area (Å²) in [6.07, 6.45) is 5.15. The Morgan fingerprint density at radius 2 is 1.71 bits per heavy atom. The van der Waals surface area contributed by atoms with Crippen molar-refractivity contribution in [3.8, 4) is 0 Å². The summed E-state index contributed by atoms with van der Waals surface area (Å²) < 4.78 is 0. The van der Waals surface area contributed by atoms with Crippen molar-refractivity contribution in [2.24, 2.45) is 5.92 Å². The summed E-state index contributed by atoms with van der Waals surface area (Å²) in [5.74, 6) is 0.834. The van der Waals surface area contributed by atoms with E-state index >= 15 is 0 Å². The quantitative estimate of drug-likeness (QED) is 0.618. The highest BCUT2D eigenvalue weighted by atomic mass is 35.5. The van der Waals surface area contributed by atoms with E-state index in [0.717, 1.165) is 10.9 Å². The fourth-order valence-electron chi connectivity index (χ4n) is 1.53. The molecule has 0 aromatic heterocycles. The van der Waals surface area contributed by atoms with Crippen LogP contribution >= 0.6 is 11.6 Å². The maximum absolute atomic E-state index is 5.81. The molecular formula is C13H19Cl. The Labute approximate surface area is 92.3 Å². The largest absolute Gasteiger partial charge is 0.0843 e. The van der Waals surface area contributed by atoms with Crippen LogP contribution in [0.2, 0.25) is 5.02 Å². The van der Waals surface area contributed by atoms with Crippen LogP contribution in [0.1, 0.15) is 38.7 Å². The van der Waals surface area contributed by atoms with E-state index in [-0.39, 0.29) is 0 Å². The maximum atomic E-state index is 5.81. The molecule has 0 N–H and O–H groups in total. The second-order valence-electron chi connectivity index (χ2n) is 4.27. The Bertz CT molecular complexity index is 248. The van der Waals surface area contributed by atoms with Crippen LogP contribution < -0.4 is 0 Å². The predicted octanol–water partition coefficient (Wildman–Crippen LogP) is 4.71. The highest BCUT2D eigenvalue weighted by Gasteiger charge is 1.96. The number of rotatable bonds is 5. The van der Waals surface area contributed by atoms with Gasteiger partial charge in [-0.1, -0.05) is 50.4 Å². The molecule has 0 heterocycles. The van der Waals surface area contributed by atoms with Crippen molar-refractivity contribution in [2.75, 3.05) is 0 Å². The molecule has 0 aliphatic rings. The van der Waals surface area contributed by atoms with Gasteiger partial charge >= 0.3 is 0 Å². The molecule has 0 saturated heterocycles. The summed E-state index contributed by atoms with van der Waals surface area (Å²) >= 11 is 5.81. The molecule has 1 rings (SSSR count). The third-order valence-corrected chi connectivity index (χ3v) is 2.66. The van der Waals surface area contributed by atoms with E-state index in [1.165, 1.54) is 31.2 Å². The number of halogens is 1. The number of benzene rings is 1. The van der Waals surface area contributed by atoms with Crippen LogP contribution in [0.25, 0.3) is 0 Å². The molecule has 0 aliphatic carbocycles. The zero-order valence-electron chi connectivity index (χ0n) is 9.09. The third-order valence-electron chi connectivity index (χ3n) is 2.41. The first-order valence-corrected chi connectivity index (χ1v) is 5.80. The number of hydrogen-bond donors (Lipinski definition) is 0. The second-order valence-corrected chi connectivity index (χ2v) is 4.70. The minimum atomic E-state index is 0.830. The molecule has 0 unspecified atom stereocenters. The third kappa shape index (κ3) is 4.66. The molecule has 0 nitrogen and oxygen atoms in total. The van der Waals surface area contributed by atoms with Gasteiger partial charge in [0, 0.05) is 5.02 Å². The first-order chi connectivity index (χ1) is 6.68. The van der Waals surface area contributed by atoms with Crippen molar-refractivity contribution >= 4 is 11.6 Å². The van der Waals surface area contributed by atoms with Crippen LogP contribution in [-0.4, -0.2) is 0 Å². The lowest BCUT2D eigenvalue weighted by Gasteiger charge is -2.04. The minimum Gasteiger partial charge on any atom is -0.0843 e. The Hall–Kier alpha value is -0.490. The molecule has 14 heavy (non-hydrogen) atoms. The number of unbranched alkanes of at least 4 members (excludes halogenated alkanes) is 1. The molecule has 0 atom stereocenters. The maximum Gasteiger partial charge on any atom is 0.0406 e. The van der Waals surface area contributed by atoms with Gasteiger partial charge in [0.1, 0.15) is 0 Å². The van der Waals surface area contributed by atoms with Gasteiger partial charge in [-0.25, -0.2) is 0 Å². The second kappa shape index (κ2) is 6.08. The molecule has 0 aliphatic heterocycles. The Morgan fingerprint density at radius 3 is 2.29 bits per heavy atom. The van der Waals surface area contributed by atoms with Crippen LogP contribution in [0.5, 0.6) is 0 Å². The zero-order chi connectivity index (χ0) is 10.4. The van der Waals surface area contributed by atoms with Gasteiger partial charge in [0.15, 0.2) is 0 Å². The molecule has 0 fully saturated rings. The molecule has 0 amide bonds. The fourth-order valence-corrected chi connectivity index (χ4v) is 1.66. The highest BCUT2D eigenvalue weighted by Crippen LogP contribution is 2.13. The van der Waals surface area contributed by atoms with Gasteiger partial charge in [-0.2, -0.15) is 0 Å². The van der Waals surface area contributed by atoms with Crippen LogP contribution in [0, 0.1) is 5.92 Å². The van der Waals surface area contributed by atoms with E-state index in [2.05, 4.69) is 26.0 Å². The minimum absolute atomic E-state index is 0.830. The first-order valence-electron chi connectivity index (χ1n) is 5.43. The smallest absolute Gasteiger partial charge is 0.0406 e. The van der Waals surface area contributed by atoms with E-state index in [9.17, 15) is 0 Å². The molecule has 0 saturated carbocycles. The molecule has 1 heteroatoms. The van der Waals surface area contributed by atoms with Gasteiger partial charge in [-0.3, -0.25) is 0 Å². The normalized spacial score (nSPS) is 10.9. The van der Waals surface area contributed by atoms with Crippen molar-refractivity contribution < 1.29 is 0 Å². The van der Waals surface area contributed by atoms with Crippen molar-refractivity contribution in [3.63, 3.8) is 0 Å². The number of hydrogen-bond acceptors (Lipinski definition) is 0. The van der Waals surface area contributed by atoms with Crippen molar-refractivity contribution in [1.29, 1.82) is 0 Å². The standard InChI is InChI=1S/C13H19Cl/c1-11(2)5-3-4-6-12-7-9-13(14)10-8-12/h7-11H,3-6H2,1-2H3. The van der Waals surface area contributed by atoms with E-state index in [4.69, 9.17) is 11.6 Å². The fraction of sp³-hybridized carbons (Fsp3) is 0.538. The number of aryl methyl sites for hydroxylation is 1. The molecule has 1 aromatic carbocycles. The summed E-state index contributed by atoms with van der Waals surface area (Å²) in [5, 5.41) is 0.830. The lowest BCUT2D eigenvalue weighted by Crippen LogP contribution is -1.89. The summed E-state index contributed by atoms with van der Waals surface area (Å²) in [6, 6.07) is 8.19. The average Bonchev–Trinajstić information content (AvgIpc) is 2.15. The van der Waals surface area contributed by atoms with E-state index < -0.39 is 0 Å². The zero-order valence-corrected chi connectivity index (χ0v) is 9.85. The predicted molar refractivity (Wildman–Crippen MR) is 63.8 cm³/mol. The molecule has 0 radical (unpaired) electrons.